The lowest BCUT2D eigenvalue weighted by atomic mass is 9.95. The molecule has 5 nitrogen and oxygen atoms in total. The van der Waals surface area contributed by atoms with Gasteiger partial charge in [-0.05, 0) is 59.7 Å². The van der Waals surface area contributed by atoms with Crippen LogP contribution in [0.5, 0.6) is 0 Å². The molecule has 0 saturated heterocycles. The molecule has 5 heteroatoms. The van der Waals surface area contributed by atoms with Gasteiger partial charge in [-0.2, -0.15) is 0 Å². The summed E-state index contributed by atoms with van der Waals surface area (Å²) in [6.45, 7) is 0. The van der Waals surface area contributed by atoms with E-state index >= 15 is 0 Å². The first kappa shape index (κ1) is 15.2. The van der Waals surface area contributed by atoms with Crippen LogP contribution >= 0.6 is 0 Å². The maximum absolute atomic E-state index is 6.10. The fourth-order valence-corrected chi connectivity index (χ4v) is 4.61. The Labute approximate surface area is 166 Å². The molecule has 138 valence electrons. The summed E-state index contributed by atoms with van der Waals surface area (Å²) in [5, 5.41) is 2.24. The van der Waals surface area contributed by atoms with Crippen LogP contribution in [0.1, 0.15) is 23.3 Å². The molecular weight excluding hydrogens is 360 g/mol. The van der Waals surface area contributed by atoms with Gasteiger partial charge in [-0.25, -0.2) is 9.97 Å². The van der Waals surface area contributed by atoms with Crippen LogP contribution in [0.2, 0.25) is 0 Å². The lowest BCUT2D eigenvalue weighted by Gasteiger charge is -2.18. The molecular formula is C24H16N4O. The smallest absolute Gasteiger partial charge is 0.144 e. The van der Waals surface area contributed by atoms with Crippen LogP contribution in [0, 0.1) is 0 Å². The van der Waals surface area contributed by atoms with E-state index in [2.05, 4.69) is 80.0 Å². The number of hydrogen-bond donors (Lipinski definition) is 0. The highest BCUT2D eigenvalue weighted by Gasteiger charge is 2.35. The van der Waals surface area contributed by atoms with Gasteiger partial charge < -0.3 is 4.74 Å². The summed E-state index contributed by atoms with van der Waals surface area (Å²) in [5.74, 6) is 0. The fraction of sp³-hybridized carbons (Fsp3) is 0.0833. The zero-order valence-corrected chi connectivity index (χ0v) is 15.4. The van der Waals surface area contributed by atoms with Crippen molar-refractivity contribution in [1.29, 1.82) is 0 Å². The number of fused-ring (bicyclic) bond motifs is 7. The van der Waals surface area contributed by atoms with Gasteiger partial charge in [-0.1, -0.05) is 12.2 Å². The molecule has 29 heavy (non-hydrogen) atoms. The molecule has 0 N–H and O–H groups in total. The molecule has 0 unspecified atom stereocenters. The molecule has 7 rings (SSSR count). The number of nitrogens with zero attached hydrogens (tertiary/aromatic N) is 4. The molecule has 6 heterocycles. The Morgan fingerprint density at radius 3 is 1.72 bits per heavy atom. The zero-order valence-electron chi connectivity index (χ0n) is 15.4. The summed E-state index contributed by atoms with van der Waals surface area (Å²) in [5.41, 5.74) is 6.50. The van der Waals surface area contributed by atoms with Crippen molar-refractivity contribution in [3.63, 3.8) is 0 Å². The lowest BCUT2D eigenvalue weighted by molar-refractivity contribution is 0.0878. The van der Waals surface area contributed by atoms with E-state index in [0.29, 0.717) is 0 Å². The van der Waals surface area contributed by atoms with Crippen LogP contribution in [0.4, 0.5) is 0 Å². The quantitative estimate of drug-likeness (QED) is 0.405. The number of hydrogen-bond acceptors (Lipinski definition) is 3. The van der Waals surface area contributed by atoms with Gasteiger partial charge in [0.15, 0.2) is 0 Å². The Bertz CT molecular complexity index is 1350. The Hall–Kier alpha value is -3.70. The second kappa shape index (κ2) is 5.43. The van der Waals surface area contributed by atoms with E-state index in [1.807, 2.05) is 24.5 Å². The van der Waals surface area contributed by atoms with E-state index in [1.165, 1.54) is 11.1 Å². The summed E-state index contributed by atoms with van der Waals surface area (Å²) >= 11 is 0. The molecule has 5 aromatic rings. The minimum absolute atomic E-state index is 0.0390. The Kier molecular flexibility index (Phi) is 2.85. The number of rotatable bonds is 2. The molecule has 0 radical (unpaired) electrons. The number of aromatic nitrogens is 4. The molecule has 0 amide bonds. The van der Waals surface area contributed by atoms with Crippen LogP contribution in [-0.2, 0) is 4.74 Å². The number of pyridine rings is 2. The zero-order chi connectivity index (χ0) is 18.9. The van der Waals surface area contributed by atoms with Gasteiger partial charge >= 0.3 is 0 Å². The van der Waals surface area contributed by atoms with Crippen molar-refractivity contribution in [2.45, 2.75) is 12.2 Å². The molecule has 0 spiro atoms. The third-order valence-electron chi connectivity index (χ3n) is 5.96. The molecule has 2 aliphatic rings. The van der Waals surface area contributed by atoms with Gasteiger partial charge in [0.1, 0.15) is 23.5 Å². The highest BCUT2D eigenvalue weighted by molar-refractivity contribution is 5.82. The minimum atomic E-state index is 0.0390. The average molecular weight is 376 g/mol. The third kappa shape index (κ3) is 2.02. The average Bonchev–Trinajstić information content (AvgIpc) is 3.55. The van der Waals surface area contributed by atoms with Crippen molar-refractivity contribution < 1.29 is 4.74 Å². The molecule has 4 aromatic heterocycles. The molecule has 2 bridgehead atoms. The largest absolute Gasteiger partial charge is 0.357 e. The highest BCUT2D eigenvalue weighted by Crippen LogP contribution is 2.48. The molecule has 0 fully saturated rings. The van der Waals surface area contributed by atoms with Crippen molar-refractivity contribution in [3.05, 3.63) is 96.6 Å². The molecule has 2 aliphatic heterocycles. The van der Waals surface area contributed by atoms with Gasteiger partial charge in [0.25, 0.3) is 0 Å². The predicted molar refractivity (Wildman–Crippen MR) is 111 cm³/mol. The van der Waals surface area contributed by atoms with Crippen molar-refractivity contribution >= 4 is 22.1 Å². The number of benzene rings is 1. The van der Waals surface area contributed by atoms with E-state index in [9.17, 15) is 0 Å². The topological polar surface area (TPSA) is 44.9 Å². The van der Waals surface area contributed by atoms with Crippen molar-refractivity contribution in [3.8, 4) is 11.4 Å². The Morgan fingerprint density at radius 2 is 1.21 bits per heavy atom. The first-order valence-electron chi connectivity index (χ1n) is 9.73. The summed E-state index contributed by atoms with van der Waals surface area (Å²) in [6, 6.07) is 16.8. The maximum Gasteiger partial charge on any atom is 0.144 e. The van der Waals surface area contributed by atoms with Crippen molar-refractivity contribution in [1.82, 2.24) is 19.1 Å². The van der Waals surface area contributed by atoms with Gasteiger partial charge in [-0.3, -0.25) is 9.13 Å². The summed E-state index contributed by atoms with van der Waals surface area (Å²) in [7, 11) is 0. The molecule has 0 saturated carbocycles. The van der Waals surface area contributed by atoms with Gasteiger partial charge in [0.05, 0.1) is 11.4 Å². The van der Waals surface area contributed by atoms with Crippen LogP contribution < -0.4 is 0 Å². The Balaban J connectivity index is 1.57. The van der Waals surface area contributed by atoms with E-state index in [1.54, 1.807) is 0 Å². The van der Waals surface area contributed by atoms with Crippen LogP contribution in [-0.4, -0.2) is 19.1 Å². The summed E-state index contributed by atoms with van der Waals surface area (Å²) in [4.78, 5) is 9.27. The van der Waals surface area contributed by atoms with Gasteiger partial charge in [0.2, 0.25) is 0 Å². The first-order valence-corrected chi connectivity index (χ1v) is 9.73. The lowest BCUT2D eigenvalue weighted by Crippen LogP contribution is -2.06. The molecule has 2 atom stereocenters. The van der Waals surface area contributed by atoms with Crippen LogP contribution in [0.25, 0.3) is 33.4 Å². The number of ether oxygens (including phenoxy) is 1. The van der Waals surface area contributed by atoms with Crippen LogP contribution in [0.3, 0.4) is 0 Å². The monoisotopic (exact) mass is 376 g/mol. The summed E-state index contributed by atoms with van der Waals surface area (Å²) in [6.07, 6.45) is 12.2. The second-order valence-corrected chi connectivity index (χ2v) is 7.54. The van der Waals surface area contributed by atoms with E-state index in [4.69, 9.17) is 4.74 Å². The standard InChI is InChI=1S/C24H16N4O/c1-3-15-7-11-27(23(15)25-9-1)19-13-17-18(22-6-5-21(17)29-22)14-20(19)28-12-8-16-4-2-10-26-24(16)28/h1-14,21-22H/t21-,22+. The normalized spacial score (nSPS) is 19.4. The fourth-order valence-electron chi connectivity index (χ4n) is 4.61. The van der Waals surface area contributed by atoms with E-state index in [-0.39, 0.29) is 12.2 Å². The summed E-state index contributed by atoms with van der Waals surface area (Å²) < 4.78 is 10.4. The van der Waals surface area contributed by atoms with E-state index in [0.717, 1.165) is 33.4 Å². The van der Waals surface area contributed by atoms with Gasteiger partial charge in [-0.15, -0.1) is 0 Å². The van der Waals surface area contributed by atoms with Crippen molar-refractivity contribution in [2.75, 3.05) is 0 Å². The van der Waals surface area contributed by atoms with Gasteiger partial charge in [0, 0.05) is 35.6 Å². The molecule has 0 aliphatic carbocycles. The van der Waals surface area contributed by atoms with Crippen LogP contribution in [0.15, 0.2) is 85.5 Å². The van der Waals surface area contributed by atoms with E-state index < -0.39 is 0 Å². The second-order valence-electron chi connectivity index (χ2n) is 7.54. The third-order valence-corrected chi connectivity index (χ3v) is 5.96. The molecule has 1 aromatic carbocycles. The maximum atomic E-state index is 6.10. The SMILES string of the molecule is C1=C[C@H]2O[C@@H]1c1cc(-n3ccc4cccnc43)c(-n3ccc4cccnc43)cc12. The predicted octanol–water partition coefficient (Wildman–Crippen LogP) is 5.05. The van der Waals surface area contributed by atoms with Crippen molar-refractivity contribution in [2.24, 2.45) is 0 Å². The minimum Gasteiger partial charge on any atom is -0.357 e. The Morgan fingerprint density at radius 1 is 0.690 bits per heavy atom. The highest BCUT2D eigenvalue weighted by atomic mass is 16.5. The first-order chi connectivity index (χ1) is 14.4.